The average Bonchev–Trinajstić information content (AvgIpc) is 2.50. The van der Waals surface area contributed by atoms with Crippen molar-refractivity contribution in [2.45, 2.75) is 52.1 Å². The van der Waals surface area contributed by atoms with Crippen molar-refractivity contribution in [1.82, 2.24) is 4.90 Å². The molecule has 1 aliphatic heterocycles. The Morgan fingerprint density at radius 2 is 1.95 bits per heavy atom. The van der Waals surface area contributed by atoms with Gasteiger partial charge in [0.15, 0.2) is 5.78 Å². The van der Waals surface area contributed by atoms with Gasteiger partial charge in [0.05, 0.1) is 5.60 Å². The highest BCUT2D eigenvalue weighted by atomic mass is 16.5. The molecule has 1 heterocycles. The number of rotatable bonds is 7. The molecule has 1 saturated heterocycles. The number of Topliss-reactive ketones (excluding diaryl/α,β-unsaturated/α-hetero) is 1. The lowest BCUT2D eigenvalue weighted by Crippen LogP contribution is -2.44. The van der Waals surface area contributed by atoms with Crippen LogP contribution in [0.1, 0.15) is 55.5 Å². The quantitative estimate of drug-likeness (QED) is 0.717. The molecular formula is C19H29NO2. The molecule has 0 bridgehead atoms. The van der Waals surface area contributed by atoms with E-state index in [1.807, 2.05) is 31.2 Å². The number of carbonyl (C=O) groups is 1. The normalized spacial score (nSPS) is 18.3. The Kier molecular flexibility index (Phi) is 6.16. The van der Waals surface area contributed by atoms with E-state index >= 15 is 0 Å². The Hall–Kier alpha value is -1.19. The monoisotopic (exact) mass is 303 g/mol. The molecule has 0 unspecified atom stereocenters. The van der Waals surface area contributed by atoms with Gasteiger partial charge in [-0.25, -0.2) is 0 Å². The van der Waals surface area contributed by atoms with Gasteiger partial charge in [-0.3, -0.25) is 4.79 Å². The second kappa shape index (κ2) is 7.89. The number of hydrogen-bond acceptors (Lipinski definition) is 3. The Morgan fingerprint density at radius 3 is 2.59 bits per heavy atom. The number of likely N-dealkylation sites (tertiary alicyclic amines) is 1. The number of benzene rings is 1. The summed E-state index contributed by atoms with van der Waals surface area (Å²) in [6.07, 6.45) is 3.77. The van der Waals surface area contributed by atoms with Crippen molar-refractivity contribution >= 4 is 5.78 Å². The second-order valence-electron chi connectivity index (χ2n) is 6.57. The fourth-order valence-corrected chi connectivity index (χ4v) is 3.23. The zero-order chi connectivity index (χ0) is 16.0. The zero-order valence-corrected chi connectivity index (χ0v) is 14.2. The first kappa shape index (κ1) is 17.2. The van der Waals surface area contributed by atoms with Crippen LogP contribution >= 0.6 is 0 Å². The molecule has 2 rings (SSSR count). The van der Waals surface area contributed by atoms with Crippen molar-refractivity contribution < 1.29 is 9.53 Å². The van der Waals surface area contributed by atoms with E-state index in [2.05, 4.69) is 18.7 Å². The Labute approximate surface area is 134 Å². The van der Waals surface area contributed by atoms with E-state index < -0.39 is 0 Å². The summed E-state index contributed by atoms with van der Waals surface area (Å²) in [5.41, 5.74) is 2.02. The Bertz CT molecular complexity index is 490. The summed E-state index contributed by atoms with van der Waals surface area (Å²) in [4.78, 5) is 14.7. The minimum Gasteiger partial charge on any atom is -0.375 e. The molecule has 1 fully saturated rings. The highest BCUT2D eigenvalue weighted by molar-refractivity contribution is 5.97. The van der Waals surface area contributed by atoms with Crippen LogP contribution in [-0.2, 0) is 4.74 Å². The fraction of sp³-hybridized carbons (Fsp3) is 0.632. The lowest BCUT2D eigenvalue weighted by Gasteiger charge is -2.39. The number of aryl methyl sites for hydroxylation is 1. The van der Waals surface area contributed by atoms with Gasteiger partial charge in [0, 0.05) is 31.7 Å². The van der Waals surface area contributed by atoms with Crippen molar-refractivity contribution in [2.75, 3.05) is 26.2 Å². The van der Waals surface area contributed by atoms with E-state index in [0.717, 1.165) is 56.6 Å². The van der Waals surface area contributed by atoms with E-state index in [0.29, 0.717) is 6.42 Å². The summed E-state index contributed by atoms with van der Waals surface area (Å²) < 4.78 is 5.85. The smallest absolute Gasteiger partial charge is 0.163 e. The van der Waals surface area contributed by atoms with Crippen molar-refractivity contribution in [3.63, 3.8) is 0 Å². The molecule has 0 spiro atoms. The van der Waals surface area contributed by atoms with Crippen LogP contribution in [0.5, 0.6) is 0 Å². The average molecular weight is 303 g/mol. The predicted octanol–water partition coefficient (Wildman–Crippen LogP) is 3.85. The maximum atomic E-state index is 12.3. The molecule has 122 valence electrons. The van der Waals surface area contributed by atoms with Gasteiger partial charge in [0.2, 0.25) is 0 Å². The van der Waals surface area contributed by atoms with Crippen molar-refractivity contribution in [1.29, 1.82) is 0 Å². The van der Waals surface area contributed by atoms with E-state index in [4.69, 9.17) is 4.74 Å². The molecule has 3 nitrogen and oxygen atoms in total. The van der Waals surface area contributed by atoms with Crippen molar-refractivity contribution in [3.05, 3.63) is 35.4 Å². The van der Waals surface area contributed by atoms with E-state index in [1.54, 1.807) is 0 Å². The molecule has 1 aromatic rings. The SMILES string of the molecule is CCOC1(C)CCN(CCCC(=O)c2ccccc2C)CC1. The number of nitrogens with zero attached hydrogens (tertiary/aromatic N) is 1. The lowest BCUT2D eigenvalue weighted by molar-refractivity contribution is -0.0657. The standard InChI is InChI=1S/C19H29NO2/c1-4-22-19(3)11-14-20(15-12-19)13-7-10-18(21)17-9-6-5-8-16(17)2/h5-6,8-9H,4,7,10-15H2,1-3H3. The number of hydrogen-bond donors (Lipinski definition) is 0. The highest BCUT2D eigenvalue weighted by Crippen LogP contribution is 2.25. The van der Waals surface area contributed by atoms with Crippen LogP contribution in [0.25, 0.3) is 0 Å². The topological polar surface area (TPSA) is 29.5 Å². The predicted molar refractivity (Wildman–Crippen MR) is 90.4 cm³/mol. The number of ketones is 1. The first-order valence-electron chi connectivity index (χ1n) is 8.49. The molecule has 22 heavy (non-hydrogen) atoms. The van der Waals surface area contributed by atoms with Crippen molar-refractivity contribution in [3.8, 4) is 0 Å². The van der Waals surface area contributed by atoms with Gasteiger partial charge in [0.1, 0.15) is 0 Å². The number of carbonyl (C=O) groups excluding carboxylic acids is 1. The van der Waals surface area contributed by atoms with Crippen LogP contribution in [0, 0.1) is 6.92 Å². The molecule has 0 aromatic heterocycles. The van der Waals surface area contributed by atoms with Gasteiger partial charge >= 0.3 is 0 Å². The van der Waals surface area contributed by atoms with E-state index in [-0.39, 0.29) is 11.4 Å². The maximum Gasteiger partial charge on any atom is 0.163 e. The van der Waals surface area contributed by atoms with E-state index in [9.17, 15) is 4.79 Å². The van der Waals surface area contributed by atoms with Crippen LogP contribution in [0.3, 0.4) is 0 Å². The molecule has 3 heteroatoms. The second-order valence-corrected chi connectivity index (χ2v) is 6.57. The molecule has 1 aromatic carbocycles. The van der Waals surface area contributed by atoms with Gasteiger partial charge in [0.25, 0.3) is 0 Å². The molecule has 0 aliphatic carbocycles. The third-order valence-corrected chi connectivity index (χ3v) is 4.73. The molecule has 1 aliphatic rings. The van der Waals surface area contributed by atoms with Gasteiger partial charge in [-0.1, -0.05) is 24.3 Å². The summed E-state index contributed by atoms with van der Waals surface area (Å²) in [7, 11) is 0. The summed E-state index contributed by atoms with van der Waals surface area (Å²) >= 11 is 0. The van der Waals surface area contributed by atoms with Gasteiger partial charge in [-0.05, 0) is 52.1 Å². The number of piperidine rings is 1. The summed E-state index contributed by atoms with van der Waals surface area (Å²) in [6.45, 7) is 10.3. The first-order valence-corrected chi connectivity index (χ1v) is 8.49. The third-order valence-electron chi connectivity index (χ3n) is 4.73. The Balaban J connectivity index is 1.72. The summed E-state index contributed by atoms with van der Waals surface area (Å²) in [6, 6.07) is 7.87. The van der Waals surface area contributed by atoms with Crippen LogP contribution < -0.4 is 0 Å². The molecular weight excluding hydrogens is 274 g/mol. The molecule has 0 amide bonds. The van der Waals surface area contributed by atoms with Crippen molar-refractivity contribution in [2.24, 2.45) is 0 Å². The summed E-state index contributed by atoms with van der Waals surface area (Å²) in [5.74, 6) is 0.272. The molecule has 0 N–H and O–H groups in total. The van der Waals surface area contributed by atoms with Crippen LogP contribution in [0.4, 0.5) is 0 Å². The zero-order valence-electron chi connectivity index (χ0n) is 14.2. The first-order chi connectivity index (χ1) is 10.5. The fourth-order valence-electron chi connectivity index (χ4n) is 3.23. The number of ether oxygens (including phenoxy) is 1. The van der Waals surface area contributed by atoms with E-state index in [1.165, 1.54) is 0 Å². The maximum absolute atomic E-state index is 12.3. The Morgan fingerprint density at radius 1 is 1.27 bits per heavy atom. The minimum absolute atomic E-state index is 0.0578. The third kappa shape index (κ3) is 4.65. The summed E-state index contributed by atoms with van der Waals surface area (Å²) in [5, 5.41) is 0. The molecule has 0 radical (unpaired) electrons. The van der Waals surface area contributed by atoms with Crippen LogP contribution in [0.15, 0.2) is 24.3 Å². The molecule has 0 atom stereocenters. The lowest BCUT2D eigenvalue weighted by atomic mass is 9.93. The highest BCUT2D eigenvalue weighted by Gasteiger charge is 2.30. The minimum atomic E-state index is 0.0578. The van der Waals surface area contributed by atoms with Crippen LogP contribution in [-0.4, -0.2) is 42.5 Å². The largest absolute Gasteiger partial charge is 0.375 e. The van der Waals surface area contributed by atoms with Crippen LogP contribution in [0.2, 0.25) is 0 Å². The van der Waals surface area contributed by atoms with Gasteiger partial charge < -0.3 is 9.64 Å². The molecule has 0 saturated carbocycles. The van der Waals surface area contributed by atoms with Gasteiger partial charge in [-0.2, -0.15) is 0 Å². The van der Waals surface area contributed by atoms with Gasteiger partial charge in [-0.15, -0.1) is 0 Å².